The summed E-state index contributed by atoms with van der Waals surface area (Å²) >= 11 is 3.46. The van der Waals surface area contributed by atoms with E-state index in [0.29, 0.717) is 29.7 Å². The molecule has 3 rings (SSSR count). The summed E-state index contributed by atoms with van der Waals surface area (Å²) in [4.78, 5) is 8.51. The summed E-state index contributed by atoms with van der Waals surface area (Å²) < 4.78 is 18.2. The summed E-state index contributed by atoms with van der Waals surface area (Å²) in [5.74, 6) is 2.50. The summed E-state index contributed by atoms with van der Waals surface area (Å²) in [5, 5.41) is 7.48. The first kappa shape index (κ1) is 16.5. The van der Waals surface area contributed by atoms with Gasteiger partial charge in [-0.25, -0.2) is 4.98 Å². The zero-order valence-electron chi connectivity index (χ0n) is 13.4. The topological polar surface area (TPSA) is 82.8 Å². The Labute approximate surface area is 146 Å². The zero-order chi connectivity index (χ0) is 17.1. The Bertz CT molecular complexity index is 842. The minimum Gasteiger partial charge on any atom is -0.495 e. The van der Waals surface area contributed by atoms with Crippen LogP contribution in [0.2, 0.25) is 0 Å². The van der Waals surface area contributed by atoms with E-state index >= 15 is 0 Å². The number of rotatable bonds is 6. The van der Waals surface area contributed by atoms with Crippen molar-refractivity contribution in [1.29, 1.82) is 0 Å². The molecule has 3 aromatic rings. The van der Waals surface area contributed by atoms with Gasteiger partial charge in [0.1, 0.15) is 28.1 Å². The van der Waals surface area contributed by atoms with Gasteiger partial charge in [-0.1, -0.05) is 0 Å². The summed E-state index contributed by atoms with van der Waals surface area (Å²) in [5.41, 5.74) is 1.52. The highest BCUT2D eigenvalue weighted by atomic mass is 79.9. The standard InChI is InChI=1S/C15H16BrN5O3/c1-22-7-10-6-13(21-15(20-10)17-8-18-21)19-9-4-11(23-2)14(16)12(5-9)24-3/h4-6,8,19H,7H2,1-3H3. The lowest BCUT2D eigenvalue weighted by Crippen LogP contribution is -2.05. The van der Waals surface area contributed by atoms with Crippen molar-refractivity contribution >= 4 is 33.2 Å². The molecule has 126 valence electrons. The van der Waals surface area contributed by atoms with Crippen LogP contribution in [-0.2, 0) is 11.3 Å². The summed E-state index contributed by atoms with van der Waals surface area (Å²) in [6.07, 6.45) is 1.45. The van der Waals surface area contributed by atoms with E-state index in [2.05, 4.69) is 36.3 Å². The van der Waals surface area contributed by atoms with E-state index in [0.717, 1.165) is 15.9 Å². The van der Waals surface area contributed by atoms with Crippen LogP contribution in [0, 0.1) is 0 Å². The largest absolute Gasteiger partial charge is 0.495 e. The molecule has 0 aliphatic carbocycles. The maximum absolute atomic E-state index is 5.37. The van der Waals surface area contributed by atoms with Crippen molar-refractivity contribution in [2.45, 2.75) is 6.61 Å². The lowest BCUT2D eigenvalue weighted by atomic mass is 10.2. The van der Waals surface area contributed by atoms with E-state index in [4.69, 9.17) is 14.2 Å². The van der Waals surface area contributed by atoms with Crippen LogP contribution in [0.25, 0.3) is 5.78 Å². The van der Waals surface area contributed by atoms with Crippen LogP contribution in [0.1, 0.15) is 5.69 Å². The maximum atomic E-state index is 5.37. The van der Waals surface area contributed by atoms with Crippen LogP contribution >= 0.6 is 15.9 Å². The van der Waals surface area contributed by atoms with Crippen molar-refractivity contribution in [2.24, 2.45) is 0 Å². The fourth-order valence-corrected chi connectivity index (χ4v) is 2.81. The lowest BCUT2D eigenvalue weighted by Gasteiger charge is -2.14. The second-order valence-electron chi connectivity index (χ2n) is 4.86. The monoisotopic (exact) mass is 393 g/mol. The average Bonchev–Trinajstić information content (AvgIpc) is 3.05. The Morgan fingerprint density at radius 3 is 2.46 bits per heavy atom. The first-order chi connectivity index (χ1) is 11.7. The number of fused-ring (bicyclic) bond motifs is 1. The predicted molar refractivity (Wildman–Crippen MR) is 92.0 cm³/mol. The van der Waals surface area contributed by atoms with Gasteiger partial charge in [0.15, 0.2) is 0 Å². The van der Waals surface area contributed by atoms with Gasteiger partial charge < -0.3 is 19.5 Å². The highest BCUT2D eigenvalue weighted by molar-refractivity contribution is 9.10. The Morgan fingerprint density at radius 1 is 1.12 bits per heavy atom. The Morgan fingerprint density at radius 2 is 1.83 bits per heavy atom. The average molecular weight is 394 g/mol. The molecule has 2 aromatic heterocycles. The number of nitrogens with zero attached hydrogens (tertiary/aromatic N) is 4. The van der Waals surface area contributed by atoms with Crippen molar-refractivity contribution in [3.8, 4) is 11.5 Å². The quantitative estimate of drug-likeness (QED) is 0.689. The third-order valence-electron chi connectivity index (χ3n) is 3.32. The third-order valence-corrected chi connectivity index (χ3v) is 4.10. The molecule has 0 spiro atoms. The number of ether oxygens (including phenoxy) is 3. The van der Waals surface area contributed by atoms with Gasteiger partial charge in [-0.2, -0.15) is 14.6 Å². The van der Waals surface area contributed by atoms with Crippen LogP contribution in [0.3, 0.4) is 0 Å². The lowest BCUT2D eigenvalue weighted by molar-refractivity contribution is 0.181. The number of nitrogens with one attached hydrogen (secondary N) is 1. The highest BCUT2D eigenvalue weighted by Crippen LogP contribution is 2.38. The molecule has 0 unspecified atom stereocenters. The van der Waals surface area contributed by atoms with E-state index in [1.807, 2.05) is 18.2 Å². The fourth-order valence-electron chi connectivity index (χ4n) is 2.26. The molecule has 9 heteroatoms. The molecule has 0 amide bonds. The zero-order valence-corrected chi connectivity index (χ0v) is 15.0. The smallest absolute Gasteiger partial charge is 0.254 e. The molecule has 0 aliphatic heterocycles. The summed E-state index contributed by atoms with van der Waals surface area (Å²) in [6.45, 7) is 0.380. The SMILES string of the molecule is COCc1cc(Nc2cc(OC)c(Br)c(OC)c2)n2ncnc2n1. The minimum atomic E-state index is 0.380. The highest BCUT2D eigenvalue weighted by Gasteiger charge is 2.12. The Balaban J connectivity index is 2.04. The molecule has 0 radical (unpaired) electrons. The molecule has 1 aromatic carbocycles. The number of halogens is 1. The van der Waals surface area contributed by atoms with Crippen molar-refractivity contribution < 1.29 is 14.2 Å². The Kier molecular flexibility index (Phi) is 4.81. The molecule has 0 fully saturated rings. The van der Waals surface area contributed by atoms with E-state index in [-0.39, 0.29) is 0 Å². The van der Waals surface area contributed by atoms with Crippen LogP contribution in [0.5, 0.6) is 11.5 Å². The maximum Gasteiger partial charge on any atom is 0.254 e. The van der Waals surface area contributed by atoms with Crippen LogP contribution in [0.4, 0.5) is 11.5 Å². The van der Waals surface area contributed by atoms with Crippen molar-refractivity contribution in [3.63, 3.8) is 0 Å². The number of hydrogen-bond donors (Lipinski definition) is 1. The van der Waals surface area contributed by atoms with E-state index in [1.54, 1.807) is 25.8 Å². The first-order valence-corrected chi connectivity index (χ1v) is 7.82. The fraction of sp³-hybridized carbons (Fsp3) is 0.267. The molecular formula is C15H16BrN5O3. The molecule has 0 atom stereocenters. The van der Waals surface area contributed by atoms with Gasteiger partial charge in [-0.15, -0.1) is 0 Å². The minimum absolute atomic E-state index is 0.380. The number of hydrogen-bond acceptors (Lipinski definition) is 7. The van der Waals surface area contributed by atoms with Gasteiger partial charge in [0.25, 0.3) is 5.78 Å². The number of aromatic nitrogens is 4. The van der Waals surface area contributed by atoms with Crippen LogP contribution < -0.4 is 14.8 Å². The summed E-state index contributed by atoms with van der Waals surface area (Å²) in [7, 11) is 4.82. The van der Waals surface area contributed by atoms with E-state index in [1.165, 1.54) is 6.33 Å². The molecule has 0 aliphatic rings. The second kappa shape index (κ2) is 7.02. The van der Waals surface area contributed by atoms with Gasteiger partial charge >= 0.3 is 0 Å². The number of benzene rings is 1. The normalized spacial score (nSPS) is 10.8. The molecule has 0 saturated heterocycles. The summed E-state index contributed by atoms with van der Waals surface area (Å²) in [6, 6.07) is 5.56. The first-order valence-electron chi connectivity index (χ1n) is 7.03. The molecule has 0 bridgehead atoms. The van der Waals surface area contributed by atoms with Gasteiger partial charge in [-0.05, 0) is 15.9 Å². The van der Waals surface area contributed by atoms with Gasteiger partial charge in [0.05, 0.1) is 26.5 Å². The van der Waals surface area contributed by atoms with Crippen molar-refractivity contribution in [3.05, 3.63) is 34.7 Å². The van der Waals surface area contributed by atoms with Crippen LogP contribution in [0.15, 0.2) is 29.0 Å². The van der Waals surface area contributed by atoms with E-state index < -0.39 is 0 Å². The van der Waals surface area contributed by atoms with Gasteiger partial charge in [0.2, 0.25) is 0 Å². The second-order valence-corrected chi connectivity index (χ2v) is 5.65. The number of methoxy groups -OCH3 is 3. The molecule has 0 saturated carbocycles. The van der Waals surface area contributed by atoms with Crippen LogP contribution in [-0.4, -0.2) is 40.9 Å². The van der Waals surface area contributed by atoms with Crippen molar-refractivity contribution in [1.82, 2.24) is 19.6 Å². The predicted octanol–water partition coefficient (Wildman–Crippen LogP) is 2.79. The molecular weight excluding hydrogens is 378 g/mol. The molecule has 1 N–H and O–H groups in total. The van der Waals surface area contributed by atoms with Gasteiger partial charge in [0, 0.05) is 31.0 Å². The molecule has 8 nitrogen and oxygen atoms in total. The Hall–Kier alpha value is -2.39. The third kappa shape index (κ3) is 3.13. The van der Waals surface area contributed by atoms with E-state index in [9.17, 15) is 0 Å². The van der Waals surface area contributed by atoms with Gasteiger partial charge in [-0.3, -0.25) is 0 Å². The molecule has 2 heterocycles. The molecule has 24 heavy (non-hydrogen) atoms. The van der Waals surface area contributed by atoms with Crippen molar-refractivity contribution in [2.75, 3.05) is 26.6 Å². The number of anilines is 2.